The molecule has 0 aliphatic heterocycles. The van der Waals surface area contributed by atoms with E-state index in [0.717, 1.165) is 6.42 Å². The van der Waals surface area contributed by atoms with E-state index in [4.69, 9.17) is 0 Å². The molecule has 0 aromatic carbocycles. The molecule has 0 saturated heterocycles. The minimum atomic E-state index is 1.08. The van der Waals surface area contributed by atoms with Gasteiger partial charge in [0, 0.05) is 0 Å². The molecule has 0 bridgehead atoms. The van der Waals surface area contributed by atoms with Gasteiger partial charge in [0.2, 0.25) is 0 Å². The summed E-state index contributed by atoms with van der Waals surface area (Å²) in [5.41, 5.74) is 7.16. The van der Waals surface area contributed by atoms with E-state index in [1.165, 1.54) is 16.7 Å². The predicted octanol–water partition coefficient (Wildman–Crippen LogP) is 4.41. The van der Waals surface area contributed by atoms with Crippen molar-refractivity contribution in [3.63, 3.8) is 0 Å². The van der Waals surface area contributed by atoms with Crippen LogP contribution in [0.25, 0.3) is 0 Å². The minimum Gasteiger partial charge on any atom is -0.122 e. The van der Waals surface area contributed by atoms with Gasteiger partial charge in [0.15, 0.2) is 0 Å². The highest BCUT2D eigenvalue weighted by atomic mass is 13.9. The molecule has 0 saturated carbocycles. The zero-order chi connectivity index (χ0) is 10.3. The zero-order valence-electron chi connectivity index (χ0n) is 9.44. The molecule has 0 unspecified atom stereocenters. The maximum Gasteiger partial charge on any atom is -0.0168 e. The summed E-state index contributed by atoms with van der Waals surface area (Å²) < 4.78 is 0. The highest BCUT2D eigenvalue weighted by Gasteiger charge is 1.86. The van der Waals surface area contributed by atoms with Crippen molar-refractivity contribution in [2.75, 3.05) is 0 Å². The van der Waals surface area contributed by atoms with Gasteiger partial charge in [0.1, 0.15) is 0 Å². The summed E-state index contributed by atoms with van der Waals surface area (Å²) in [6.45, 7) is 10.5. The van der Waals surface area contributed by atoms with Crippen molar-refractivity contribution in [3.05, 3.63) is 40.7 Å². The molecule has 0 nitrogen and oxygen atoms in total. The first-order valence-corrected chi connectivity index (χ1v) is 4.84. The van der Waals surface area contributed by atoms with Gasteiger partial charge in [-0.3, -0.25) is 0 Å². The summed E-state index contributed by atoms with van der Waals surface area (Å²) in [6.07, 6.45) is 7.32. The molecule has 0 atom stereocenters. The molecule has 0 aliphatic rings. The van der Waals surface area contributed by atoms with E-state index in [1.807, 2.05) is 6.92 Å². The maximum absolute atomic E-state index is 3.27. The van der Waals surface area contributed by atoms with Gasteiger partial charge < -0.3 is 0 Å². The molecule has 0 heterocycles. The lowest BCUT2D eigenvalue weighted by molar-refractivity contribution is 1.10. The Kier molecular flexibility index (Phi) is 6.01. The highest BCUT2D eigenvalue weighted by Crippen LogP contribution is 2.06. The van der Waals surface area contributed by atoms with Gasteiger partial charge >= 0.3 is 0 Å². The van der Waals surface area contributed by atoms with Crippen molar-refractivity contribution >= 4 is 0 Å². The third-order valence-electron chi connectivity index (χ3n) is 2.10. The number of allylic oxidation sites excluding steroid dienone is 5. The summed E-state index contributed by atoms with van der Waals surface area (Å²) >= 11 is 0. The highest BCUT2D eigenvalue weighted by molar-refractivity contribution is 5.30. The third kappa shape index (κ3) is 5.27. The van der Waals surface area contributed by atoms with Gasteiger partial charge in [-0.2, -0.15) is 0 Å². The smallest absolute Gasteiger partial charge is 0.0168 e. The summed E-state index contributed by atoms with van der Waals surface area (Å²) in [4.78, 5) is 0. The largest absolute Gasteiger partial charge is 0.122 e. The van der Waals surface area contributed by atoms with Gasteiger partial charge in [0.25, 0.3) is 0 Å². The summed E-state index contributed by atoms with van der Waals surface area (Å²) in [5, 5.41) is 0. The quantitative estimate of drug-likeness (QED) is 0.441. The summed E-state index contributed by atoms with van der Waals surface area (Å²) in [6, 6.07) is 0. The Labute approximate surface area is 82.4 Å². The Bertz CT molecular complexity index is 268. The zero-order valence-corrected chi connectivity index (χ0v) is 9.44. The van der Waals surface area contributed by atoms with Crippen molar-refractivity contribution in [3.8, 4) is 0 Å². The minimum absolute atomic E-state index is 1.08. The van der Waals surface area contributed by atoms with Crippen LogP contribution in [0, 0.1) is 0 Å². The molecule has 0 heteroatoms. The second-order valence-corrected chi connectivity index (χ2v) is 3.29. The Balaban J connectivity index is 4.72. The molecule has 0 rings (SSSR count). The average molecular weight is 176 g/mol. The van der Waals surface area contributed by atoms with Gasteiger partial charge in [-0.15, -0.1) is 5.73 Å². The monoisotopic (exact) mass is 176 g/mol. The van der Waals surface area contributed by atoms with Crippen molar-refractivity contribution in [1.82, 2.24) is 0 Å². The molecule has 0 aromatic rings. The van der Waals surface area contributed by atoms with E-state index in [9.17, 15) is 0 Å². The molecule has 0 aromatic heterocycles. The molecule has 0 amide bonds. The van der Waals surface area contributed by atoms with E-state index in [-0.39, 0.29) is 0 Å². The molecule has 0 N–H and O–H groups in total. The van der Waals surface area contributed by atoms with Crippen LogP contribution in [-0.4, -0.2) is 0 Å². The van der Waals surface area contributed by atoms with Crippen LogP contribution in [0.3, 0.4) is 0 Å². The molecule has 0 radical (unpaired) electrons. The standard InChI is InChI=1S/C13H20/c1-6-8-12(4)13(5)10-9-11(3)7-2/h6,8,10H,7H2,1-5H3/b8-6+,13-12-. The fraction of sp³-hybridized carbons (Fsp3) is 0.462. The van der Waals surface area contributed by atoms with Crippen molar-refractivity contribution in [2.45, 2.75) is 41.0 Å². The lowest BCUT2D eigenvalue weighted by Gasteiger charge is -1.95. The van der Waals surface area contributed by atoms with Crippen LogP contribution in [0.5, 0.6) is 0 Å². The Hall–Kier alpha value is -1.00. The molecule has 0 spiro atoms. The second-order valence-electron chi connectivity index (χ2n) is 3.29. The summed E-state index contributed by atoms with van der Waals surface area (Å²) in [7, 11) is 0. The van der Waals surface area contributed by atoms with Gasteiger partial charge in [0.05, 0.1) is 0 Å². The van der Waals surface area contributed by atoms with Crippen molar-refractivity contribution in [1.29, 1.82) is 0 Å². The van der Waals surface area contributed by atoms with E-state index < -0.39 is 0 Å². The fourth-order valence-corrected chi connectivity index (χ4v) is 0.829. The molecule has 0 aliphatic carbocycles. The second kappa shape index (κ2) is 6.51. The van der Waals surface area contributed by atoms with Crippen molar-refractivity contribution in [2.24, 2.45) is 0 Å². The topological polar surface area (TPSA) is 0 Å². The van der Waals surface area contributed by atoms with Crippen LogP contribution in [0.4, 0.5) is 0 Å². The maximum atomic E-state index is 3.27. The lowest BCUT2D eigenvalue weighted by atomic mass is 10.1. The first-order chi connectivity index (χ1) is 6.11. The molecular weight excluding hydrogens is 156 g/mol. The summed E-state index contributed by atoms with van der Waals surface area (Å²) in [5.74, 6) is 0. The first-order valence-electron chi connectivity index (χ1n) is 4.84. The van der Waals surface area contributed by atoms with Crippen molar-refractivity contribution < 1.29 is 0 Å². The van der Waals surface area contributed by atoms with Crippen LogP contribution in [0.2, 0.25) is 0 Å². The molecular formula is C13H20. The van der Waals surface area contributed by atoms with Crippen LogP contribution < -0.4 is 0 Å². The van der Waals surface area contributed by atoms with Gasteiger partial charge in [-0.25, -0.2) is 0 Å². The molecule has 0 fully saturated rings. The van der Waals surface area contributed by atoms with E-state index in [1.54, 1.807) is 0 Å². The fourth-order valence-electron chi connectivity index (χ4n) is 0.829. The van der Waals surface area contributed by atoms with E-state index in [0.29, 0.717) is 0 Å². The normalized spacial score (nSPS) is 12.4. The Morgan fingerprint density at radius 1 is 1.15 bits per heavy atom. The van der Waals surface area contributed by atoms with E-state index in [2.05, 4.69) is 51.7 Å². The van der Waals surface area contributed by atoms with Gasteiger partial charge in [-0.05, 0) is 56.9 Å². The number of rotatable bonds is 3. The number of hydrogen-bond acceptors (Lipinski definition) is 0. The molecule has 13 heavy (non-hydrogen) atoms. The SMILES string of the molecule is C/C=C/C(C)=C(/C)C=C=C(C)CC. The average Bonchev–Trinajstić information content (AvgIpc) is 2.13. The first kappa shape index (κ1) is 12.0. The van der Waals surface area contributed by atoms with Crippen LogP contribution in [-0.2, 0) is 0 Å². The van der Waals surface area contributed by atoms with Crippen LogP contribution in [0.15, 0.2) is 40.7 Å². The lowest BCUT2D eigenvalue weighted by Crippen LogP contribution is -1.75. The van der Waals surface area contributed by atoms with Crippen LogP contribution in [0.1, 0.15) is 41.0 Å². The van der Waals surface area contributed by atoms with Crippen LogP contribution >= 0.6 is 0 Å². The Morgan fingerprint density at radius 2 is 1.77 bits per heavy atom. The number of hydrogen-bond donors (Lipinski definition) is 0. The van der Waals surface area contributed by atoms with Gasteiger partial charge in [-0.1, -0.05) is 19.1 Å². The third-order valence-corrected chi connectivity index (χ3v) is 2.10. The van der Waals surface area contributed by atoms with E-state index >= 15 is 0 Å². The molecule has 72 valence electrons. The Morgan fingerprint density at radius 3 is 2.23 bits per heavy atom. The predicted molar refractivity (Wildman–Crippen MR) is 60.7 cm³/mol.